The highest BCUT2D eigenvalue weighted by Gasteiger charge is 2.23. The fraction of sp³-hybridized carbons (Fsp3) is 0.467. The summed E-state index contributed by atoms with van der Waals surface area (Å²) in [7, 11) is -2.58. The maximum Gasteiger partial charge on any atom is 0.321 e. The zero-order chi connectivity index (χ0) is 18.2. The van der Waals surface area contributed by atoms with Gasteiger partial charge in [-0.15, -0.1) is 0 Å². The molecule has 0 radical (unpaired) electrons. The molecule has 0 atom stereocenters. The van der Waals surface area contributed by atoms with E-state index in [4.69, 9.17) is 16.3 Å². The summed E-state index contributed by atoms with van der Waals surface area (Å²) in [6.07, 6.45) is 1.77. The van der Waals surface area contributed by atoms with Crippen LogP contribution in [0.4, 0.5) is 0 Å². The van der Waals surface area contributed by atoms with E-state index in [0.717, 1.165) is 17.1 Å². The van der Waals surface area contributed by atoms with Crippen molar-refractivity contribution >= 4 is 33.5 Å². The van der Waals surface area contributed by atoms with E-state index >= 15 is 0 Å². The van der Waals surface area contributed by atoms with Crippen LogP contribution in [0.5, 0.6) is 0 Å². The van der Waals surface area contributed by atoms with Crippen LogP contribution in [0.1, 0.15) is 19.8 Å². The van der Waals surface area contributed by atoms with E-state index in [1.54, 1.807) is 0 Å². The lowest BCUT2D eigenvalue weighted by Gasteiger charge is -2.16. The number of esters is 1. The molecule has 7 nitrogen and oxygen atoms in total. The molecule has 0 aliphatic heterocycles. The second-order valence-corrected chi connectivity index (χ2v) is 7.56. The van der Waals surface area contributed by atoms with Gasteiger partial charge in [-0.2, -0.15) is 4.31 Å². The first-order valence-corrected chi connectivity index (χ1v) is 9.23. The molecular weight excluding hydrogens is 356 g/mol. The van der Waals surface area contributed by atoms with Crippen molar-refractivity contribution in [3.63, 3.8) is 0 Å². The topological polar surface area (TPSA) is 92.8 Å². The molecule has 0 fully saturated rings. The lowest BCUT2D eigenvalue weighted by molar-refractivity contribution is -0.148. The van der Waals surface area contributed by atoms with Gasteiger partial charge in [0.25, 0.3) is 5.91 Å². The SMILES string of the molecule is CCCCNC(=O)COC(=O)CN(C)S(=O)(=O)c1ccc(Cl)cc1. The van der Waals surface area contributed by atoms with Crippen molar-refractivity contribution in [2.75, 3.05) is 26.7 Å². The summed E-state index contributed by atoms with van der Waals surface area (Å²) in [4.78, 5) is 23.1. The molecule has 24 heavy (non-hydrogen) atoms. The summed E-state index contributed by atoms with van der Waals surface area (Å²) in [5, 5.41) is 3.00. The Labute approximate surface area is 147 Å². The third kappa shape index (κ3) is 6.46. The van der Waals surface area contributed by atoms with Crippen molar-refractivity contribution in [1.29, 1.82) is 0 Å². The van der Waals surface area contributed by atoms with Gasteiger partial charge in [0.2, 0.25) is 10.0 Å². The van der Waals surface area contributed by atoms with Crippen molar-refractivity contribution in [1.82, 2.24) is 9.62 Å². The Bertz CT molecular complexity index is 661. The van der Waals surface area contributed by atoms with Crippen LogP contribution in [-0.2, 0) is 24.3 Å². The molecule has 1 rings (SSSR count). The van der Waals surface area contributed by atoms with Crippen molar-refractivity contribution in [2.45, 2.75) is 24.7 Å². The van der Waals surface area contributed by atoms with Gasteiger partial charge in [0.15, 0.2) is 6.61 Å². The largest absolute Gasteiger partial charge is 0.455 e. The fourth-order valence-corrected chi connectivity index (χ4v) is 2.94. The number of hydrogen-bond acceptors (Lipinski definition) is 5. The minimum atomic E-state index is -3.83. The van der Waals surface area contributed by atoms with Gasteiger partial charge in [0.1, 0.15) is 6.54 Å². The quantitative estimate of drug-likeness (QED) is 0.519. The number of hydrogen-bond donors (Lipinski definition) is 1. The van der Waals surface area contributed by atoms with Crippen LogP contribution < -0.4 is 5.32 Å². The first-order valence-electron chi connectivity index (χ1n) is 7.41. The van der Waals surface area contributed by atoms with Crippen LogP contribution >= 0.6 is 11.6 Å². The smallest absolute Gasteiger partial charge is 0.321 e. The number of sulfonamides is 1. The van der Waals surface area contributed by atoms with E-state index in [1.165, 1.54) is 31.3 Å². The number of likely N-dealkylation sites (N-methyl/N-ethyl adjacent to an activating group) is 1. The van der Waals surface area contributed by atoms with Gasteiger partial charge in [0.05, 0.1) is 4.90 Å². The number of amides is 1. The predicted molar refractivity (Wildman–Crippen MR) is 90.1 cm³/mol. The van der Waals surface area contributed by atoms with Crippen LogP contribution in [0.25, 0.3) is 0 Å². The number of nitrogens with zero attached hydrogens (tertiary/aromatic N) is 1. The molecule has 9 heteroatoms. The highest BCUT2D eigenvalue weighted by Crippen LogP contribution is 2.17. The zero-order valence-electron chi connectivity index (χ0n) is 13.6. The summed E-state index contributed by atoms with van der Waals surface area (Å²) in [6, 6.07) is 5.59. The molecule has 0 aromatic heterocycles. The van der Waals surface area contributed by atoms with Gasteiger partial charge < -0.3 is 10.1 Å². The number of unbranched alkanes of at least 4 members (excludes halogenated alkanes) is 1. The highest BCUT2D eigenvalue weighted by molar-refractivity contribution is 7.89. The monoisotopic (exact) mass is 376 g/mol. The second-order valence-electron chi connectivity index (χ2n) is 5.08. The summed E-state index contributed by atoms with van der Waals surface area (Å²) in [6.45, 7) is 1.57. The first kappa shape index (κ1) is 20.4. The molecule has 0 aliphatic carbocycles. The summed E-state index contributed by atoms with van der Waals surface area (Å²) >= 11 is 5.72. The standard InChI is InChI=1S/C15H21ClN2O5S/c1-3-4-9-17-14(19)11-23-15(20)10-18(2)24(21,22)13-7-5-12(16)6-8-13/h5-8H,3-4,9-11H2,1-2H3,(H,17,19). The molecule has 0 spiro atoms. The van der Waals surface area contributed by atoms with E-state index in [2.05, 4.69) is 5.32 Å². The molecule has 1 aromatic rings. The molecule has 0 bridgehead atoms. The molecule has 0 unspecified atom stereocenters. The van der Waals surface area contributed by atoms with Crippen molar-refractivity contribution in [3.8, 4) is 0 Å². The molecule has 1 N–H and O–H groups in total. The maximum atomic E-state index is 12.3. The molecular formula is C15H21ClN2O5S. The number of rotatable bonds is 9. The van der Waals surface area contributed by atoms with Crippen LogP contribution in [-0.4, -0.2) is 51.3 Å². The highest BCUT2D eigenvalue weighted by atomic mass is 35.5. The van der Waals surface area contributed by atoms with Crippen LogP contribution in [0, 0.1) is 0 Å². The molecule has 0 aliphatic rings. The van der Waals surface area contributed by atoms with Crippen LogP contribution in [0.15, 0.2) is 29.2 Å². The van der Waals surface area contributed by atoms with Crippen molar-refractivity contribution in [3.05, 3.63) is 29.3 Å². The normalized spacial score (nSPS) is 11.3. The summed E-state index contributed by atoms with van der Waals surface area (Å²) in [5.74, 6) is -1.22. The Morgan fingerprint density at radius 1 is 1.25 bits per heavy atom. The van der Waals surface area contributed by atoms with Gasteiger partial charge in [-0.05, 0) is 30.7 Å². The van der Waals surface area contributed by atoms with Gasteiger partial charge in [-0.1, -0.05) is 24.9 Å². The number of nitrogens with one attached hydrogen (secondary N) is 1. The fourth-order valence-electron chi connectivity index (χ4n) is 1.70. The third-order valence-corrected chi connectivity index (χ3v) is 5.16. The zero-order valence-corrected chi connectivity index (χ0v) is 15.2. The van der Waals surface area contributed by atoms with Gasteiger partial charge in [0, 0.05) is 18.6 Å². The van der Waals surface area contributed by atoms with Gasteiger partial charge >= 0.3 is 5.97 Å². The molecule has 1 amide bonds. The molecule has 0 saturated carbocycles. The Morgan fingerprint density at radius 3 is 2.46 bits per heavy atom. The Hall–Kier alpha value is -1.64. The van der Waals surface area contributed by atoms with E-state index in [-0.39, 0.29) is 4.90 Å². The van der Waals surface area contributed by atoms with Crippen molar-refractivity contribution < 1.29 is 22.7 Å². The number of ether oxygens (including phenoxy) is 1. The molecule has 134 valence electrons. The van der Waals surface area contributed by atoms with E-state index in [9.17, 15) is 18.0 Å². The Morgan fingerprint density at radius 2 is 1.88 bits per heavy atom. The van der Waals surface area contributed by atoms with E-state index < -0.39 is 35.1 Å². The van der Waals surface area contributed by atoms with E-state index in [0.29, 0.717) is 11.6 Å². The number of carbonyl (C=O) groups is 2. The minimum absolute atomic E-state index is 0.0134. The first-order chi connectivity index (χ1) is 11.3. The predicted octanol–water partition coefficient (Wildman–Crippen LogP) is 1.42. The molecule has 0 heterocycles. The van der Waals surface area contributed by atoms with Crippen molar-refractivity contribution in [2.24, 2.45) is 0 Å². The Kier molecular flexibility index (Phi) is 8.17. The molecule has 0 saturated heterocycles. The minimum Gasteiger partial charge on any atom is -0.455 e. The number of halogens is 1. The van der Waals surface area contributed by atoms with Gasteiger partial charge in [-0.3, -0.25) is 9.59 Å². The second kappa shape index (κ2) is 9.61. The van der Waals surface area contributed by atoms with Crippen LogP contribution in [0.3, 0.4) is 0 Å². The average Bonchev–Trinajstić information content (AvgIpc) is 2.53. The third-order valence-electron chi connectivity index (χ3n) is 3.09. The van der Waals surface area contributed by atoms with Gasteiger partial charge in [-0.25, -0.2) is 8.42 Å². The number of benzene rings is 1. The molecule has 1 aromatic carbocycles. The Balaban J connectivity index is 2.51. The average molecular weight is 377 g/mol. The summed E-state index contributed by atoms with van der Waals surface area (Å²) < 4.78 is 30.2. The lowest BCUT2D eigenvalue weighted by atomic mass is 10.3. The maximum absolute atomic E-state index is 12.3. The number of carbonyl (C=O) groups excluding carboxylic acids is 2. The lowest BCUT2D eigenvalue weighted by Crippen LogP contribution is -2.35. The van der Waals surface area contributed by atoms with Crippen LogP contribution in [0.2, 0.25) is 5.02 Å². The van der Waals surface area contributed by atoms with E-state index in [1.807, 2.05) is 6.92 Å². The summed E-state index contributed by atoms with van der Waals surface area (Å²) in [5.41, 5.74) is 0.